The summed E-state index contributed by atoms with van der Waals surface area (Å²) in [5, 5.41) is 10.5. The lowest BCUT2D eigenvalue weighted by atomic mass is 10.1. The molecule has 7 heteroatoms. The molecule has 0 heterocycles. The smallest absolute Gasteiger partial charge is 0.438 e. The number of aryl methyl sites for hydroxylation is 1. The second-order valence-corrected chi connectivity index (χ2v) is 5.33. The van der Waals surface area contributed by atoms with Gasteiger partial charge in [-0.05, 0) is 36.2 Å². The third-order valence-electron chi connectivity index (χ3n) is 3.45. The van der Waals surface area contributed by atoms with Crippen LogP contribution < -0.4 is 9.80 Å². The third kappa shape index (κ3) is 3.96. The molecule has 5 nitrogen and oxygen atoms in total. The van der Waals surface area contributed by atoms with Crippen LogP contribution in [0.3, 0.4) is 0 Å². The van der Waals surface area contributed by atoms with Crippen LogP contribution in [0.25, 0.3) is 0 Å². The highest BCUT2D eigenvalue weighted by atomic mass is 35.5. The lowest BCUT2D eigenvalue weighted by molar-refractivity contribution is 0.140. The predicted octanol–water partition coefficient (Wildman–Crippen LogP) is 4.58. The molecule has 0 aromatic heterocycles. The molecule has 0 unspecified atom stereocenters. The van der Waals surface area contributed by atoms with Crippen LogP contribution in [0, 0.1) is 5.82 Å². The number of halogens is 2. The van der Waals surface area contributed by atoms with Crippen molar-refractivity contribution >= 4 is 23.4 Å². The maximum absolute atomic E-state index is 14.1. The average molecular weight is 354 g/mol. The molecule has 2 aromatic rings. The van der Waals surface area contributed by atoms with Gasteiger partial charge in [-0.3, -0.25) is 5.21 Å². The fourth-order valence-corrected chi connectivity index (χ4v) is 2.36. The highest BCUT2D eigenvalue weighted by Gasteiger charge is 2.20. The minimum Gasteiger partial charge on any atom is -0.487 e. The van der Waals surface area contributed by atoms with Gasteiger partial charge in [-0.15, -0.1) is 0 Å². The zero-order valence-corrected chi connectivity index (χ0v) is 14.0. The Morgan fingerprint density at radius 2 is 2.08 bits per heavy atom. The van der Waals surface area contributed by atoms with Crippen LogP contribution in [0.2, 0.25) is 5.02 Å². The van der Waals surface area contributed by atoms with Crippen LogP contribution in [0.5, 0.6) is 5.75 Å². The van der Waals surface area contributed by atoms with Gasteiger partial charge in [0.2, 0.25) is 0 Å². The van der Waals surface area contributed by atoms with Gasteiger partial charge >= 0.3 is 6.09 Å². The third-order valence-corrected chi connectivity index (χ3v) is 3.74. The van der Waals surface area contributed by atoms with Crippen molar-refractivity contribution in [2.75, 3.05) is 12.2 Å². The molecule has 24 heavy (non-hydrogen) atoms. The fraction of sp³-hybridized carbons (Fsp3) is 0.235. The van der Waals surface area contributed by atoms with Gasteiger partial charge in [-0.25, -0.2) is 9.18 Å². The monoisotopic (exact) mass is 353 g/mol. The van der Waals surface area contributed by atoms with Crippen LogP contribution in [-0.2, 0) is 17.8 Å². The number of methoxy groups -OCH3 is 1. The van der Waals surface area contributed by atoms with Gasteiger partial charge in [-0.2, -0.15) is 5.06 Å². The molecule has 0 spiro atoms. The van der Waals surface area contributed by atoms with E-state index in [-0.39, 0.29) is 22.9 Å². The molecule has 0 fully saturated rings. The number of hydrogen-bond donors (Lipinski definition) is 1. The number of benzene rings is 2. The number of nitrogens with zero attached hydrogens (tertiary/aromatic N) is 1. The highest BCUT2D eigenvalue weighted by Crippen LogP contribution is 2.29. The van der Waals surface area contributed by atoms with E-state index in [1.165, 1.54) is 18.2 Å². The normalized spacial score (nSPS) is 10.4. The summed E-state index contributed by atoms with van der Waals surface area (Å²) in [5.41, 5.74) is 0.982. The number of carbonyl (C=O) groups excluding carboxylic acids is 1. The molecule has 1 N–H and O–H groups in total. The quantitative estimate of drug-likeness (QED) is 0.631. The summed E-state index contributed by atoms with van der Waals surface area (Å²) < 4.78 is 24.1. The Kier molecular flexibility index (Phi) is 6.00. The van der Waals surface area contributed by atoms with Crippen molar-refractivity contribution in [1.29, 1.82) is 0 Å². The molecule has 0 aliphatic carbocycles. The van der Waals surface area contributed by atoms with Gasteiger partial charge in [0, 0.05) is 0 Å². The van der Waals surface area contributed by atoms with Crippen LogP contribution in [0.1, 0.15) is 18.1 Å². The summed E-state index contributed by atoms with van der Waals surface area (Å²) in [4.78, 5) is 11.4. The Morgan fingerprint density at radius 3 is 2.71 bits per heavy atom. The van der Waals surface area contributed by atoms with Gasteiger partial charge in [0.25, 0.3) is 0 Å². The Hall–Kier alpha value is -2.31. The number of anilines is 1. The molecule has 2 rings (SSSR count). The molecule has 0 aliphatic heterocycles. The first-order chi connectivity index (χ1) is 11.5. The number of rotatable bonds is 5. The van der Waals surface area contributed by atoms with E-state index in [1.807, 2.05) is 13.0 Å². The summed E-state index contributed by atoms with van der Waals surface area (Å²) in [7, 11) is 1.11. The Labute approximate surface area is 144 Å². The first kappa shape index (κ1) is 18.0. The summed E-state index contributed by atoms with van der Waals surface area (Å²) in [6.07, 6.45) is -0.206. The van der Waals surface area contributed by atoms with E-state index in [0.717, 1.165) is 19.1 Å². The van der Waals surface area contributed by atoms with Crippen LogP contribution in [0.4, 0.5) is 14.9 Å². The van der Waals surface area contributed by atoms with E-state index in [4.69, 9.17) is 16.3 Å². The van der Waals surface area contributed by atoms with Crippen LogP contribution in [-0.4, -0.2) is 18.4 Å². The summed E-state index contributed by atoms with van der Waals surface area (Å²) in [6, 6.07) is 9.26. The molecular formula is C17H17ClFNO4. The second kappa shape index (κ2) is 7.99. The molecule has 0 atom stereocenters. The average Bonchev–Trinajstić information content (AvgIpc) is 2.59. The molecule has 2 aromatic carbocycles. The SMILES string of the molecule is CCc1ccc(OCc2c(F)cccc2N(O)C(=O)OC)c(Cl)c1. The summed E-state index contributed by atoms with van der Waals surface area (Å²) >= 11 is 6.14. The fourth-order valence-electron chi connectivity index (χ4n) is 2.10. The number of amides is 1. The van der Waals surface area contributed by atoms with Crippen molar-refractivity contribution in [3.63, 3.8) is 0 Å². The molecule has 0 saturated carbocycles. The minimum absolute atomic E-state index is 0.000958. The second-order valence-electron chi connectivity index (χ2n) is 4.93. The molecule has 0 saturated heterocycles. The van der Waals surface area contributed by atoms with Crippen molar-refractivity contribution in [3.05, 3.63) is 58.4 Å². The van der Waals surface area contributed by atoms with Crippen molar-refractivity contribution in [2.24, 2.45) is 0 Å². The topological polar surface area (TPSA) is 59.0 Å². The maximum atomic E-state index is 14.1. The van der Waals surface area contributed by atoms with Gasteiger partial charge < -0.3 is 9.47 Å². The van der Waals surface area contributed by atoms with Gasteiger partial charge in [0.05, 0.1) is 23.4 Å². The Bertz CT molecular complexity index is 739. The zero-order valence-electron chi connectivity index (χ0n) is 13.3. The molecule has 128 valence electrons. The molecule has 1 amide bonds. The standard InChI is InChI=1S/C17H17ClFNO4/c1-3-11-7-8-16(13(18)9-11)24-10-12-14(19)5-4-6-15(12)20(22)17(21)23-2/h4-9,22H,3,10H2,1-2H3. The first-order valence-electron chi connectivity index (χ1n) is 7.23. The van der Waals surface area contributed by atoms with Crippen molar-refractivity contribution in [1.82, 2.24) is 0 Å². The Morgan fingerprint density at radius 1 is 1.33 bits per heavy atom. The van der Waals surface area contributed by atoms with Crippen molar-refractivity contribution in [3.8, 4) is 5.75 Å². The van der Waals surface area contributed by atoms with Gasteiger partial charge in [0.1, 0.15) is 18.2 Å². The van der Waals surface area contributed by atoms with E-state index in [1.54, 1.807) is 12.1 Å². The van der Waals surface area contributed by atoms with Gasteiger partial charge in [-0.1, -0.05) is 30.7 Å². The van der Waals surface area contributed by atoms with Crippen molar-refractivity contribution in [2.45, 2.75) is 20.0 Å². The molecule has 0 radical (unpaired) electrons. The number of ether oxygens (including phenoxy) is 2. The van der Waals surface area contributed by atoms with Crippen molar-refractivity contribution < 1.29 is 23.9 Å². The van der Waals surface area contributed by atoms with E-state index < -0.39 is 11.9 Å². The highest BCUT2D eigenvalue weighted by molar-refractivity contribution is 6.32. The van der Waals surface area contributed by atoms with Crippen LogP contribution in [0.15, 0.2) is 36.4 Å². The Balaban J connectivity index is 2.25. The van der Waals surface area contributed by atoms with E-state index in [2.05, 4.69) is 4.74 Å². The lowest BCUT2D eigenvalue weighted by Gasteiger charge is -2.18. The molecular weight excluding hydrogens is 337 g/mol. The van der Waals surface area contributed by atoms with Gasteiger partial charge in [0.15, 0.2) is 0 Å². The predicted molar refractivity (Wildman–Crippen MR) is 88.2 cm³/mol. The maximum Gasteiger partial charge on any atom is 0.438 e. The summed E-state index contributed by atoms with van der Waals surface area (Å²) in [6.45, 7) is 1.78. The molecule has 0 aliphatic rings. The zero-order chi connectivity index (χ0) is 17.7. The summed E-state index contributed by atoms with van der Waals surface area (Å²) in [5.74, 6) is -0.248. The van der Waals surface area contributed by atoms with Crippen LogP contribution >= 0.6 is 11.6 Å². The molecule has 0 bridgehead atoms. The lowest BCUT2D eigenvalue weighted by Crippen LogP contribution is -2.28. The first-order valence-corrected chi connectivity index (χ1v) is 7.61. The number of hydrogen-bond acceptors (Lipinski definition) is 4. The van der Waals surface area contributed by atoms with E-state index in [9.17, 15) is 14.4 Å². The number of carbonyl (C=O) groups is 1. The van der Waals surface area contributed by atoms with E-state index >= 15 is 0 Å². The minimum atomic E-state index is -1.04. The van der Waals surface area contributed by atoms with E-state index in [0.29, 0.717) is 10.8 Å². The largest absolute Gasteiger partial charge is 0.487 e. The number of hydroxylamine groups is 1.